The number of nitrogens with zero attached hydrogens (tertiary/aromatic N) is 3. The van der Waals surface area contributed by atoms with Crippen molar-refractivity contribution < 1.29 is 0 Å². The second kappa shape index (κ2) is 4.87. The summed E-state index contributed by atoms with van der Waals surface area (Å²) in [5, 5.41) is 1.23. The van der Waals surface area contributed by atoms with E-state index in [-0.39, 0.29) is 0 Å². The van der Waals surface area contributed by atoms with Crippen molar-refractivity contribution >= 4 is 40.4 Å². The molecule has 0 atom stereocenters. The molecular weight excluding hydrogens is 293 g/mol. The van der Waals surface area contributed by atoms with Gasteiger partial charge < -0.3 is 0 Å². The Bertz CT molecular complexity index is 588. The van der Waals surface area contributed by atoms with Gasteiger partial charge in [0.25, 0.3) is 0 Å². The lowest BCUT2D eigenvalue weighted by atomic mass is 9.89. The molecule has 0 aromatic carbocycles. The predicted octanol–water partition coefficient (Wildman–Crippen LogP) is 4.74. The molecule has 3 rings (SSSR count). The van der Waals surface area contributed by atoms with E-state index in [1.807, 2.05) is 4.40 Å². The topological polar surface area (TPSA) is 30.2 Å². The van der Waals surface area contributed by atoms with Crippen LogP contribution in [-0.4, -0.2) is 14.4 Å². The molecule has 6 heteroatoms. The first-order valence-corrected chi connectivity index (χ1v) is 7.20. The van der Waals surface area contributed by atoms with E-state index in [4.69, 9.17) is 34.8 Å². The Morgan fingerprint density at radius 1 is 1.06 bits per heavy atom. The maximum Gasteiger partial charge on any atom is 0.178 e. The molecule has 0 bridgehead atoms. The van der Waals surface area contributed by atoms with Crippen molar-refractivity contribution in [2.45, 2.75) is 38.0 Å². The van der Waals surface area contributed by atoms with Crippen LogP contribution in [0.25, 0.3) is 5.65 Å². The van der Waals surface area contributed by atoms with E-state index >= 15 is 0 Å². The quantitative estimate of drug-likeness (QED) is 0.712. The van der Waals surface area contributed by atoms with Crippen LogP contribution >= 0.6 is 34.8 Å². The second-order valence-electron chi connectivity index (χ2n) is 4.66. The fraction of sp³-hybridized carbons (Fsp3) is 0.500. The summed E-state index contributed by atoms with van der Waals surface area (Å²) in [4.78, 5) is 8.64. The van der Waals surface area contributed by atoms with Crippen LogP contribution in [0, 0.1) is 0 Å². The third kappa shape index (κ3) is 2.09. The highest BCUT2D eigenvalue weighted by molar-refractivity contribution is 6.35. The highest BCUT2D eigenvalue weighted by atomic mass is 35.5. The van der Waals surface area contributed by atoms with Gasteiger partial charge >= 0.3 is 0 Å². The Hall–Kier alpha value is -0.510. The third-order valence-electron chi connectivity index (χ3n) is 3.47. The normalized spacial score (nSPS) is 17.5. The average molecular weight is 305 g/mol. The van der Waals surface area contributed by atoms with Gasteiger partial charge in [-0.15, -0.1) is 0 Å². The van der Waals surface area contributed by atoms with Crippen molar-refractivity contribution in [2.24, 2.45) is 0 Å². The van der Waals surface area contributed by atoms with Crippen LogP contribution in [0.4, 0.5) is 0 Å². The van der Waals surface area contributed by atoms with E-state index < -0.39 is 0 Å². The van der Waals surface area contributed by atoms with Gasteiger partial charge in [0, 0.05) is 12.0 Å². The molecule has 18 heavy (non-hydrogen) atoms. The van der Waals surface area contributed by atoms with Crippen LogP contribution in [0.5, 0.6) is 0 Å². The summed E-state index contributed by atoms with van der Waals surface area (Å²) in [7, 11) is 0. The number of halogens is 3. The summed E-state index contributed by atoms with van der Waals surface area (Å²) in [5.74, 6) is 1.34. The lowest BCUT2D eigenvalue weighted by molar-refractivity contribution is 0.427. The molecule has 2 aromatic heterocycles. The molecule has 0 aliphatic heterocycles. The van der Waals surface area contributed by atoms with Gasteiger partial charge in [-0.1, -0.05) is 54.1 Å². The van der Waals surface area contributed by atoms with Crippen molar-refractivity contribution in [3.8, 4) is 0 Å². The lowest BCUT2D eigenvalue weighted by Gasteiger charge is -2.20. The Kier molecular flexibility index (Phi) is 3.39. The summed E-state index contributed by atoms with van der Waals surface area (Å²) < 4.78 is 1.83. The third-order valence-corrected chi connectivity index (χ3v) is 4.20. The monoisotopic (exact) mass is 303 g/mol. The van der Waals surface area contributed by atoms with Gasteiger partial charge in [0.1, 0.15) is 16.1 Å². The van der Waals surface area contributed by atoms with Gasteiger partial charge in [-0.3, -0.25) is 4.40 Å². The van der Waals surface area contributed by atoms with E-state index in [0.29, 0.717) is 27.0 Å². The number of hydrogen-bond donors (Lipinski definition) is 0. The lowest BCUT2D eigenvalue weighted by Crippen LogP contribution is -2.09. The van der Waals surface area contributed by atoms with Crippen molar-refractivity contribution in [1.29, 1.82) is 0 Å². The molecule has 0 radical (unpaired) electrons. The Balaban J connectivity index is 2.17. The number of hydrogen-bond acceptors (Lipinski definition) is 2. The molecule has 3 nitrogen and oxygen atoms in total. The van der Waals surface area contributed by atoms with Crippen molar-refractivity contribution in [3.05, 3.63) is 27.4 Å². The van der Waals surface area contributed by atoms with Gasteiger partial charge in [0.15, 0.2) is 10.8 Å². The molecule has 96 valence electrons. The first-order chi connectivity index (χ1) is 8.66. The molecular formula is C12H12Cl3N3. The Morgan fingerprint density at radius 2 is 1.78 bits per heavy atom. The summed E-state index contributed by atoms with van der Waals surface area (Å²) in [6, 6.07) is 1.63. The SMILES string of the molecule is Clc1cc(Cl)n2c(C3CCCCC3)nc(Cl)c2n1. The summed E-state index contributed by atoms with van der Waals surface area (Å²) >= 11 is 18.3. The van der Waals surface area contributed by atoms with Gasteiger partial charge in [-0.05, 0) is 12.8 Å². The van der Waals surface area contributed by atoms with Gasteiger partial charge in [-0.2, -0.15) is 0 Å². The smallest absolute Gasteiger partial charge is 0.178 e. The molecule has 0 amide bonds. The number of aromatic nitrogens is 3. The number of rotatable bonds is 1. The van der Waals surface area contributed by atoms with Crippen LogP contribution in [0.1, 0.15) is 43.8 Å². The van der Waals surface area contributed by atoms with Crippen LogP contribution in [-0.2, 0) is 0 Å². The van der Waals surface area contributed by atoms with Crippen LogP contribution < -0.4 is 0 Å². The number of fused-ring (bicyclic) bond motifs is 1. The van der Waals surface area contributed by atoms with E-state index in [0.717, 1.165) is 18.7 Å². The minimum Gasteiger partial charge on any atom is -0.269 e. The molecule has 1 fully saturated rings. The van der Waals surface area contributed by atoms with Gasteiger partial charge in [-0.25, -0.2) is 9.97 Å². The average Bonchev–Trinajstić information content (AvgIpc) is 2.68. The minimum absolute atomic E-state index is 0.337. The zero-order chi connectivity index (χ0) is 12.7. The van der Waals surface area contributed by atoms with Crippen LogP contribution in [0.15, 0.2) is 6.07 Å². The standard InChI is InChI=1S/C12H12Cl3N3/c13-8-6-9(14)18-11(7-4-2-1-3-5-7)17-10(15)12(18)16-8/h6-7H,1-5H2. The molecule has 0 spiro atoms. The molecule has 1 aliphatic rings. The molecule has 0 saturated heterocycles. The van der Waals surface area contributed by atoms with E-state index in [1.165, 1.54) is 19.3 Å². The minimum atomic E-state index is 0.337. The highest BCUT2D eigenvalue weighted by Gasteiger charge is 2.23. The van der Waals surface area contributed by atoms with Crippen LogP contribution in [0.3, 0.4) is 0 Å². The molecule has 2 heterocycles. The Labute approximate surface area is 120 Å². The maximum atomic E-state index is 6.24. The summed E-state index contributed by atoms with van der Waals surface area (Å²) in [5.41, 5.74) is 0.551. The second-order valence-corrected chi connectivity index (χ2v) is 5.79. The van der Waals surface area contributed by atoms with Crippen molar-refractivity contribution in [3.63, 3.8) is 0 Å². The fourth-order valence-corrected chi connectivity index (χ4v) is 3.36. The Morgan fingerprint density at radius 3 is 2.50 bits per heavy atom. The van der Waals surface area contributed by atoms with Gasteiger partial charge in [0.2, 0.25) is 0 Å². The maximum absolute atomic E-state index is 6.24. The van der Waals surface area contributed by atoms with E-state index in [2.05, 4.69) is 9.97 Å². The fourth-order valence-electron chi connectivity index (χ4n) is 2.64. The highest BCUT2D eigenvalue weighted by Crippen LogP contribution is 2.35. The first-order valence-electron chi connectivity index (χ1n) is 6.06. The van der Waals surface area contributed by atoms with Crippen LogP contribution in [0.2, 0.25) is 15.5 Å². The van der Waals surface area contributed by atoms with E-state index in [9.17, 15) is 0 Å². The largest absolute Gasteiger partial charge is 0.269 e. The van der Waals surface area contributed by atoms with E-state index in [1.54, 1.807) is 6.07 Å². The predicted molar refractivity (Wildman–Crippen MR) is 73.8 cm³/mol. The zero-order valence-electron chi connectivity index (χ0n) is 9.67. The van der Waals surface area contributed by atoms with Crippen molar-refractivity contribution in [2.75, 3.05) is 0 Å². The molecule has 1 saturated carbocycles. The summed E-state index contributed by atoms with van der Waals surface area (Å²) in [6.07, 6.45) is 6.03. The first kappa shape index (κ1) is 12.5. The summed E-state index contributed by atoms with van der Waals surface area (Å²) in [6.45, 7) is 0. The molecule has 1 aliphatic carbocycles. The number of imidazole rings is 1. The molecule has 2 aromatic rings. The zero-order valence-corrected chi connectivity index (χ0v) is 11.9. The van der Waals surface area contributed by atoms with Crippen molar-refractivity contribution in [1.82, 2.24) is 14.4 Å². The van der Waals surface area contributed by atoms with Gasteiger partial charge in [0.05, 0.1) is 0 Å². The molecule has 0 N–H and O–H groups in total. The molecule has 0 unspecified atom stereocenters.